The van der Waals surface area contributed by atoms with E-state index in [0.717, 1.165) is 32.2 Å². The van der Waals surface area contributed by atoms with Crippen LogP contribution in [0.4, 0.5) is 17.2 Å². The molecule has 0 saturated carbocycles. The predicted molar refractivity (Wildman–Crippen MR) is 118 cm³/mol. The van der Waals surface area contributed by atoms with E-state index in [9.17, 15) is 34.6 Å². The second-order valence-electron chi connectivity index (χ2n) is 7.00. The molecule has 0 aliphatic rings. The molecule has 0 N–H and O–H groups in total. The highest BCUT2D eigenvalue weighted by atomic mass is 16.6. The molecule has 0 aliphatic heterocycles. The molecular weight excluding hydrogens is 466 g/mol. The quantitative estimate of drug-likeness (QED) is 0.149. The van der Waals surface area contributed by atoms with Crippen molar-refractivity contribution in [1.82, 2.24) is 4.98 Å². The lowest BCUT2D eigenvalue weighted by Crippen LogP contribution is -2.39. The van der Waals surface area contributed by atoms with Gasteiger partial charge in [0.1, 0.15) is 23.7 Å². The molecule has 35 heavy (non-hydrogen) atoms. The Morgan fingerprint density at radius 3 is 2.23 bits per heavy atom. The van der Waals surface area contributed by atoms with Crippen LogP contribution in [-0.2, 0) is 23.9 Å². The molecule has 2 aromatic rings. The summed E-state index contributed by atoms with van der Waals surface area (Å²) < 4.78 is 9.78. The second kappa shape index (κ2) is 12.0. The number of ether oxygens (including phenoxy) is 2. The van der Waals surface area contributed by atoms with Crippen molar-refractivity contribution in [3.8, 4) is 0 Å². The van der Waals surface area contributed by atoms with Crippen LogP contribution in [0.25, 0.3) is 0 Å². The van der Waals surface area contributed by atoms with Gasteiger partial charge in [-0.05, 0) is 37.6 Å². The summed E-state index contributed by atoms with van der Waals surface area (Å²) >= 11 is 0. The third-order valence-electron chi connectivity index (χ3n) is 4.84. The number of nitrogens with zero attached hydrogens (tertiary/aromatic N) is 5. The highest BCUT2D eigenvalue weighted by molar-refractivity contribution is 6.01. The van der Waals surface area contributed by atoms with Gasteiger partial charge in [-0.25, -0.2) is 4.98 Å². The first-order chi connectivity index (χ1) is 16.6. The Kier molecular flexibility index (Phi) is 9.14. The first kappa shape index (κ1) is 26.6. The third-order valence-corrected chi connectivity index (χ3v) is 4.84. The number of hydrogen-bond acceptors (Lipinski definition) is 12. The SMILES string of the molecule is CCOC(=O)C(C(C(C)=O)C(=O)OC)C(N=Nc1ncccc1[N+](=O)[O-])c1ccc([N+](=O)[O-])cc1. The van der Waals surface area contributed by atoms with Crippen LogP contribution in [0.3, 0.4) is 0 Å². The van der Waals surface area contributed by atoms with Crippen LogP contribution >= 0.6 is 0 Å². The van der Waals surface area contributed by atoms with Crippen molar-refractivity contribution < 1.29 is 33.7 Å². The Morgan fingerprint density at radius 1 is 1.06 bits per heavy atom. The summed E-state index contributed by atoms with van der Waals surface area (Å²) in [7, 11) is 1.03. The molecule has 1 aromatic heterocycles. The molecule has 0 amide bonds. The molecule has 1 heterocycles. The maximum Gasteiger partial charge on any atom is 0.317 e. The van der Waals surface area contributed by atoms with Crippen LogP contribution < -0.4 is 0 Å². The minimum atomic E-state index is -1.67. The van der Waals surface area contributed by atoms with Crippen LogP contribution in [0.5, 0.6) is 0 Å². The van der Waals surface area contributed by atoms with E-state index in [1.165, 1.54) is 31.3 Å². The lowest BCUT2D eigenvalue weighted by atomic mass is 9.80. The zero-order chi connectivity index (χ0) is 26.1. The number of esters is 2. The van der Waals surface area contributed by atoms with Gasteiger partial charge in [0.05, 0.1) is 23.6 Å². The number of pyridine rings is 1. The average molecular weight is 487 g/mol. The largest absolute Gasteiger partial charge is 0.468 e. The monoisotopic (exact) mass is 487 g/mol. The molecule has 14 heteroatoms. The number of nitro benzene ring substituents is 1. The van der Waals surface area contributed by atoms with Crippen molar-refractivity contribution in [3.05, 3.63) is 68.4 Å². The number of benzene rings is 1. The van der Waals surface area contributed by atoms with Crippen LogP contribution in [0.2, 0.25) is 0 Å². The average Bonchev–Trinajstić information content (AvgIpc) is 2.83. The molecule has 0 aliphatic carbocycles. The summed E-state index contributed by atoms with van der Waals surface area (Å²) in [6.45, 7) is 2.48. The summed E-state index contributed by atoms with van der Waals surface area (Å²) in [4.78, 5) is 62.7. The number of Topliss-reactive ketones (excluding diaryl/α,β-unsaturated/α-hetero) is 1. The number of carbonyl (C=O) groups is 3. The zero-order valence-electron chi connectivity index (χ0n) is 18.9. The molecule has 2 rings (SSSR count). The molecule has 0 spiro atoms. The van der Waals surface area contributed by atoms with Crippen LogP contribution in [0.1, 0.15) is 25.5 Å². The second-order valence-corrected chi connectivity index (χ2v) is 7.00. The Hall–Kier alpha value is -4.62. The fourth-order valence-electron chi connectivity index (χ4n) is 3.24. The minimum Gasteiger partial charge on any atom is -0.468 e. The van der Waals surface area contributed by atoms with Gasteiger partial charge < -0.3 is 9.47 Å². The van der Waals surface area contributed by atoms with Crippen molar-refractivity contribution in [2.75, 3.05) is 13.7 Å². The van der Waals surface area contributed by atoms with E-state index in [1.807, 2.05) is 0 Å². The topological polar surface area (TPSA) is 194 Å². The summed E-state index contributed by atoms with van der Waals surface area (Å²) in [6.07, 6.45) is 1.23. The Bertz CT molecular complexity index is 1150. The predicted octanol–water partition coefficient (Wildman–Crippen LogP) is 3.28. The first-order valence-corrected chi connectivity index (χ1v) is 10.1. The Balaban J connectivity index is 2.74. The number of hydrogen-bond donors (Lipinski definition) is 0. The number of azo groups is 1. The minimum absolute atomic E-state index is 0.100. The van der Waals surface area contributed by atoms with Crippen LogP contribution in [-0.4, -0.2) is 46.3 Å². The van der Waals surface area contributed by atoms with Crippen molar-refractivity contribution in [2.24, 2.45) is 22.1 Å². The van der Waals surface area contributed by atoms with Gasteiger partial charge in [0, 0.05) is 24.4 Å². The molecule has 0 bridgehead atoms. The zero-order valence-corrected chi connectivity index (χ0v) is 18.9. The fourth-order valence-corrected chi connectivity index (χ4v) is 3.24. The van der Waals surface area contributed by atoms with Gasteiger partial charge in [-0.2, -0.15) is 5.11 Å². The molecule has 0 fully saturated rings. The molecule has 14 nitrogen and oxygen atoms in total. The maximum absolute atomic E-state index is 13.0. The normalized spacial score (nSPS) is 13.5. The number of methoxy groups -OCH3 is 1. The van der Waals surface area contributed by atoms with E-state index in [-0.39, 0.29) is 17.9 Å². The lowest BCUT2D eigenvalue weighted by molar-refractivity contribution is -0.384. The molecule has 3 atom stereocenters. The maximum atomic E-state index is 13.0. The van der Waals surface area contributed by atoms with E-state index >= 15 is 0 Å². The standard InChI is InChI=1S/C21H21N5O9/c1-4-35-21(29)17(16(12(2)27)20(28)34-3)18(13-7-9-14(10-8-13)25(30)31)23-24-19-15(26(32)33)6-5-11-22-19/h5-11,16-18H,4H2,1-3H3. The molecule has 0 saturated heterocycles. The molecule has 3 unspecified atom stereocenters. The van der Waals surface area contributed by atoms with E-state index in [0.29, 0.717) is 0 Å². The summed E-state index contributed by atoms with van der Waals surface area (Å²) in [5, 5.41) is 30.2. The summed E-state index contributed by atoms with van der Waals surface area (Å²) in [6, 6.07) is 5.80. The number of aromatic nitrogens is 1. The van der Waals surface area contributed by atoms with Crippen molar-refractivity contribution in [3.63, 3.8) is 0 Å². The Labute approximate surface area is 198 Å². The van der Waals surface area contributed by atoms with E-state index in [1.54, 1.807) is 0 Å². The van der Waals surface area contributed by atoms with Crippen molar-refractivity contribution >= 4 is 34.9 Å². The number of rotatable bonds is 11. The number of ketones is 1. The third kappa shape index (κ3) is 6.46. The molecule has 184 valence electrons. The highest BCUT2D eigenvalue weighted by Crippen LogP contribution is 2.37. The first-order valence-electron chi connectivity index (χ1n) is 10.1. The summed E-state index contributed by atoms with van der Waals surface area (Å²) in [5.74, 6) is -6.44. The van der Waals surface area contributed by atoms with Crippen molar-refractivity contribution in [2.45, 2.75) is 19.9 Å². The van der Waals surface area contributed by atoms with Gasteiger partial charge in [0.2, 0.25) is 0 Å². The smallest absolute Gasteiger partial charge is 0.317 e. The van der Waals surface area contributed by atoms with Crippen molar-refractivity contribution in [1.29, 1.82) is 0 Å². The molecular formula is C21H21N5O9. The van der Waals surface area contributed by atoms with Crippen LogP contribution in [0, 0.1) is 32.1 Å². The highest BCUT2D eigenvalue weighted by Gasteiger charge is 2.45. The van der Waals surface area contributed by atoms with Gasteiger partial charge in [-0.1, -0.05) is 0 Å². The van der Waals surface area contributed by atoms with Gasteiger partial charge >= 0.3 is 17.6 Å². The van der Waals surface area contributed by atoms with Crippen LogP contribution in [0.15, 0.2) is 52.8 Å². The van der Waals surface area contributed by atoms with Gasteiger partial charge in [-0.3, -0.25) is 34.6 Å². The molecule has 1 aromatic carbocycles. The number of non-ortho nitro benzene ring substituents is 1. The van der Waals surface area contributed by atoms with Gasteiger partial charge in [0.15, 0.2) is 0 Å². The molecule has 0 radical (unpaired) electrons. The Morgan fingerprint density at radius 2 is 1.71 bits per heavy atom. The van der Waals surface area contributed by atoms with Gasteiger partial charge in [-0.15, -0.1) is 5.11 Å². The van der Waals surface area contributed by atoms with E-state index < -0.39 is 57.0 Å². The van der Waals surface area contributed by atoms with E-state index in [4.69, 9.17) is 9.47 Å². The fraction of sp³-hybridized carbons (Fsp3) is 0.333. The summed E-state index contributed by atoms with van der Waals surface area (Å²) in [5.41, 5.74) is -0.609. The number of carbonyl (C=O) groups excluding carboxylic acids is 3. The number of nitro groups is 2. The van der Waals surface area contributed by atoms with E-state index in [2.05, 4.69) is 15.2 Å². The van der Waals surface area contributed by atoms with Gasteiger partial charge in [0.25, 0.3) is 11.5 Å². The lowest BCUT2D eigenvalue weighted by Gasteiger charge is -2.26.